The van der Waals surface area contributed by atoms with E-state index in [2.05, 4.69) is 4.98 Å². The first-order valence-electron chi connectivity index (χ1n) is 4.28. The van der Waals surface area contributed by atoms with E-state index in [9.17, 15) is 4.79 Å². The lowest BCUT2D eigenvalue weighted by Gasteiger charge is -2.02. The van der Waals surface area contributed by atoms with Gasteiger partial charge in [-0.25, -0.2) is 9.78 Å². The SMILES string of the molecule is Cc1ccn2c(C(=O)O)cnc2c1C. The van der Waals surface area contributed by atoms with Crippen molar-refractivity contribution in [1.29, 1.82) is 0 Å². The van der Waals surface area contributed by atoms with Crippen LogP contribution in [0.1, 0.15) is 21.6 Å². The first-order chi connectivity index (χ1) is 6.61. The Kier molecular flexibility index (Phi) is 1.77. The Morgan fingerprint density at radius 2 is 2.21 bits per heavy atom. The highest BCUT2D eigenvalue weighted by Gasteiger charge is 2.11. The van der Waals surface area contributed by atoms with E-state index >= 15 is 0 Å². The Hall–Kier alpha value is -1.84. The molecule has 0 saturated heterocycles. The number of pyridine rings is 1. The van der Waals surface area contributed by atoms with Crippen LogP contribution in [0.15, 0.2) is 18.5 Å². The minimum atomic E-state index is -0.958. The number of carboxylic acids is 1. The lowest BCUT2D eigenvalue weighted by Crippen LogP contribution is -2.02. The fraction of sp³-hybridized carbons (Fsp3) is 0.200. The monoisotopic (exact) mass is 190 g/mol. The molecule has 1 N–H and O–H groups in total. The van der Waals surface area contributed by atoms with Crippen LogP contribution in [0, 0.1) is 13.8 Å². The van der Waals surface area contributed by atoms with Gasteiger partial charge in [0.25, 0.3) is 0 Å². The van der Waals surface area contributed by atoms with Gasteiger partial charge in [0, 0.05) is 6.20 Å². The van der Waals surface area contributed by atoms with Crippen molar-refractivity contribution in [3.63, 3.8) is 0 Å². The number of aromatic nitrogens is 2. The number of hydrogen-bond acceptors (Lipinski definition) is 2. The second-order valence-corrected chi connectivity index (χ2v) is 3.27. The normalized spacial score (nSPS) is 10.7. The van der Waals surface area contributed by atoms with Crippen LogP contribution in [0.3, 0.4) is 0 Å². The molecule has 0 amide bonds. The maximum absolute atomic E-state index is 10.8. The predicted octanol–water partition coefficient (Wildman–Crippen LogP) is 1.65. The zero-order valence-electron chi connectivity index (χ0n) is 7.98. The number of carbonyl (C=O) groups is 1. The fourth-order valence-electron chi connectivity index (χ4n) is 1.44. The smallest absolute Gasteiger partial charge is 0.354 e. The van der Waals surface area contributed by atoms with Crippen LogP contribution in [-0.4, -0.2) is 20.5 Å². The Labute approximate surface area is 80.8 Å². The van der Waals surface area contributed by atoms with Crippen molar-refractivity contribution in [2.45, 2.75) is 13.8 Å². The number of carboxylic acid groups (broad SMARTS) is 1. The Morgan fingerprint density at radius 1 is 1.50 bits per heavy atom. The molecular formula is C10H10N2O2. The van der Waals surface area contributed by atoms with Gasteiger partial charge in [-0.3, -0.25) is 4.40 Å². The Balaban J connectivity index is 2.83. The van der Waals surface area contributed by atoms with Crippen molar-refractivity contribution in [3.05, 3.63) is 35.3 Å². The highest BCUT2D eigenvalue weighted by molar-refractivity contribution is 5.86. The van der Waals surface area contributed by atoms with E-state index in [0.717, 1.165) is 11.1 Å². The summed E-state index contributed by atoms with van der Waals surface area (Å²) in [6.45, 7) is 3.91. The van der Waals surface area contributed by atoms with Gasteiger partial charge in [0.15, 0.2) is 5.69 Å². The van der Waals surface area contributed by atoms with Crippen molar-refractivity contribution < 1.29 is 9.90 Å². The Bertz CT molecular complexity index is 514. The summed E-state index contributed by atoms with van der Waals surface area (Å²) in [5, 5.41) is 8.87. The maximum Gasteiger partial charge on any atom is 0.354 e. The van der Waals surface area contributed by atoms with Crippen molar-refractivity contribution >= 4 is 11.6 Å². The second kappa shape index (κ2) is 2.83. The van der Waals surface area contributed by atoms with Gasteiger partial charge in [-0.2, -0.15) is 0 Å². The summed E-state index contributed by atoms with van der Waals surface area (Å²) in [7, 11) is 0. The van der Waals surface area contributed by atoms with Crippen LogP contribution in [0.25, 0.3) is 5.65 Å². The molecule has 0 aliphatic carbocycles. The minimum Gasteiger partial charge on any atom is -0.477 e. The third kappa shape index (κ3) is 1.08. The summed E-state index contributed by atoms with van der Waals surface area (Å²) in [6, 6.07) is 1.89. The van der Waals surface area contributed by atoms with Gasteiger partial charge in [-0.15, -0.1) is 0 Å². The molecule has 0 unspecified atom stereocenters. The van der Waals surface area contributed by atoms with Gasteiger partial charge in [-0.1, -0.05) is 0 Å². The van der Waals surface area contributed by atoms with Gasteiger partial charge in [0.2, 0.25) is 0 Å². The molecule has 0 aromatic carbocycles. The molecule has 0 aliphatic heterocycles. The first-order valence-corrected chi connectivity index (χ1v) is 4.28. The third-order valence-electron chi connectivity index (χ3n) is 2.42. The van der Waals surface area contributed by atoms with Gasteiger partial charge >= 0.3 is 5.97 Å². The highest BCUT2D eigenvalue weighted by Crippen LogP contribution is 2.14. The molecular weight excluding hydrogens is 180 g/mol. The molecule has 0 spiro atoms. The quantitative estimate of drug-likeness (QED) is 0.743. The van der Waals surface area contributed by atoms with Gasteiger partial charge in [0.05, 0.1) is 6.20 Å². The average molecular weight is 190 g/mol. The number of imidazole rings is 1. The van der Waals surface area contributed by atoms with Crippen LogP contribution in [-0.2, 0) is 0 Å². The number of aromatic carboxylic acids is 1. The van der Waals surface area contributed by atoms with E-state index in [1.54, 1.807) is 10.6 Å². The van der Waals surface area contributed by atoms with E-state index in [4.69, 9.17) is 5.11 Å². The number of aryl methyl sites for hydroxylation is 2. The number of nitrogens with zero attached hydrogens (tertiary/aromatic N) is 2. The average Bonchev–Trinajstić information content (AvgIpc) is 2.55. The van der Waals surface area contributed by atoms with Crippen LogP contribution >= 0.6 is 0 Å². The summed E-state index contributed by atoms with van der Waals surface area (Å²) >= 11 is 0. The summed E-state index contributed by atoms with van der Waals surface area (Å²) in [5.74, 6) is -0.958. The molecule has 2 rings (SSSR count). The summed E-state index contributed by atoms with van der Waals surface area (Å²) in [4.78, 5) is 14.9. The summed E-state index contributed by atoms with van der Waals surface area (Å²) in [5.41, 5.74) is 3.03. The van der Waals surface area contributed by atoms with Gasteiger partial charge < -0.3 is 5.11 Å². The fourth-order valence-corrected chi connectivity index (χ4v) is 1.44. The lowest BCUT2D eigenvalue weighted by molar-refractivity contribution is 0.0689. The van der Waals surface area contributed by atoms with Crippen LogP contribution < -0.4 is 0 Å². The van der Waals surface area contributed by atoms with Crippen LogP contribution in [0.5, 0.6) is 0 Å². The summed E-state index contributed by atoms with van der Waals surface area (Å²) in [6.07, 6.45) is 3.11. The van der Waals surface area contributed by atoms with E-state index in [0.29, 0.717) is 5.65 Å². The number of rotatable bonds is 1. The topological polar surface area (TPSA) is 54.6 Å². The zero-order valence-corrected chi connectivity index (χ0v) is 7.98. The molecule has 14 heavy (non-hydrogen) atoms. The predicted molar refractivity (Wildman–Crippen MR) is 51.6 cm³/mol. The molecule has 4 nitrogen and oxygen atoms in total. The number of hydrogen-bond donors (Lipinski definition) is 1. The number of fused-ring (bicyclic) bond motifs is 1. The van der Waals surface area contributed by atoms with Gasteiger partial charge in [0.1, 0.15) is 5.65 Å². The second-order valence-electron chi connectivity index (χ2n) is 3.27. The lowest BCUT2D eigenvalue weighted by atomic mass is 10.2. The van der Waals surface area contributed by atoms with E-state index < -0.39 is 5.97 Å². The molecule has 4 heteroatoms. The largest absolute Gasteiger partial charge is 0.477 e. The molecule has 0 radical (unpaired) electrons. The highest BCUT2D eigenvalue weighted by atomic mass is 16.4. The van der Waals surface area contributed by atoms with E-state index in [1.165, 1.54) is 6.20 Å². The molecule has 0 fully saturated rings. The van der Waals surface area contributed by atoms with Crippen molar-refractivity contribution in [2.24, 2.45) is 0 Å². The molecule has 0 aliphatic rings. The van der Waals surface area contributed by atoms with E-state index in [1.807, 2.05) is 19.9 Å². The van der Waals surface area contributed by atoms with Crippen LogP contribution in [0.4, 0.5) is 0 Å². The molecule has 0 saturated carbocycles. The zero-order chi connectivity index (χ0) is 10.3. The maximum atomic E-state index is 10.8. The summed E-state index contributed by atoms with van der Waals surface area (Å²) < 4.78 is 1.59. The Morgan fingerprint density at radius 3 is 2.86 bits per heavy atom. The molecule has 0 bridgehead atoms. The van der Waals surface area contributed by atoms with Gasteiger partial charge in [-0.05, 0) is 31.0 Å². The van der Waals surface area contributed by atoms with Crippen LogP contribution in [0.2, 0.25) is 0 Å². The molecule has 2 heterocycles. The molecule has 2 aromatic heterocycles. The first kappa shape index (κ1) is 8.74. The van der Waals surface area contributed by atoms with E-state index in [-0.39, 0.29) is 5.69 Å². The molecule has 2 aromatic rings. The van der Waals surface area contributed by atoms with Crippen molar-refractivity contribution in [3.8, 4) is 0 Å². The third-order valence-corrected chi connectivity index (χ3v) is 2.42. The standard InChI is InChI=1S/C10H10N2O2/c1-6-3-4-12-8(10(13)14)5-11-9(12)7(6)2/h3-5H,1-2H3,(H,13,14). The molecule has 0 atom stereocenters. The molecule has 72 valence electrons. The van der Waals surface area contributed by atoms with Crippen molar-refractivity contribution in [2.75, 3.05) is 0 Å². The minimum absolute atomic E-state index is 0.197. The van der Waals surface area contributed by atoms with Crippen molar-refractivity contribution in [1.82, 2.24) is 9.38 Å².